The molecule has 0 spiro atoms. The second kappa shape index (κ2) is 4.74. The van der Waals surface area contributed by atoms with Crippen molar-refractivity contribution in [3.8, 4) is 0 Å². The van der Waals surface area contributed by atoms with E-state index in [0.717, 1.165) is 29.7 Å². The van der Waals surface area contributed by atoms with Gasteiger partial charge in [0.25, 0.3) is 5.69 Å². The van der Waals surface area contributed by atoms with E-state index in [-0.39, 0.29) is 10.6 Å². The number of nitrogens with two attached hydrogens (primary N) is 1. The quantitative estimate of drug-likeness (QED) is 0.665. The first-order valence-corrected chi connectivity index (χ1v) is 7.27. The Morgan fingerprint density at radius 2 is 1.80 bits per heavy atom. The Labute approximate surface area is 118 Å². The molecule has 0 saturated carbocycles. The highest BCUT2D eigenvalue weighted by molar-refractivity contribution is 5.62. The summed E-state index contributed by atoms with van der Waals surface area (Å²) in [4.78, 5) is 13.2. The number of nitrogens with zero attached hydrogens (tertiary/aromatic N) is 2. The standard InChI is InChI=1S/C15H21N3O2/c1-9-6-15(18(19)20)10(2)5-14(9)17-12-3-4-13(17)8-11(16)7-12/h5-6,11-13H,3-4,7-8,16H2,1-2H3. The number of nitro benzene ring substituents is 1. The lowest BCUT2D eigenvalue weighted by Gasteiger charge is -2.40. The summed E-state index contributed by atoms with van der Waals surface area (Å²) in [5.74, 6) is 0. The zero-order chi connectivity index (χ0) is 14.4. The third-order valence-electron chi connectivity index (χ3n) is 4.76. The second-order valence-corrected chi connectivity index (χ2v) is 6.21. The van der Waals surface area contributed by atoms with E-state index >= 15 is 0 Å². The van der Waals surface area contributed by atoms with E-state index in [4.69, 9.17) is 5.73 Å². The summed E-state index contributed by atoms with van der Waals surface area (Å²) in [5.41, 5.74) is 9.22. The Hall–Kier alpha value is -1.62. The van der Waals surface area contributed by atoms with Gasteiger partial charge in [0.05, 0.1) is 4.92 Å². The molecule has 0 amide bonds. The van der Waals surface area contributed by atoms with Gasteiger partial charge in [0.2, 0.25) is 0 Å². The normalized spacial score (nSPS) is 28.8. The second-order valence-electron chi connectivity index (χ2n) is 6.21. The molecule has 2 saturated heterocycles. The topological polar surface area (TPSA) is 72.4 Å². The Bertz CT molecular complexity index is 544. The average Bonchev–Trinajstić information content (AvgIpc) is 2.63. The fraction of sp³-hybridized carbons (Fsp3) is 0.600. The lowest BCUT2D eigenvalue weighted by molar-refractivity contribution is -0.385. The molecule has 2 heterocycles. The molecule has 0 aliphatic carbocycles. The minimum absolute atomic E-state index is 0.215. The molecule has 20 heavy (non-hydrogen) atoms. The van der Waals surface area contributed by atoms with Crippen LogP contribution in [0, 0.1) is 24.0 Å². The van der Waals surface area contributed by atoms with E-state index in [1.807, 2.05) is 19.9 Å². The highest BCUT2D eigenvalue weighted by atomic mass is 16.6. The van der Waals surface area contributed by atoms with E-state index < -0.39 is 0 Å². The van der Waals surface area contributed by atoms with E-state index in [1.54, 1.807) is 6.07 Å². The van der Waals surface area contributed by atoms with Gasteiger partial charge in [-0.25, -0.2) is 0 Å². The Balaban J connectivity index is 1.99. The van der Waals surface area contributed by atoms with Gasteiger partial charge in [0.1, 0.15) is 0 Å². The number of hydrogen-bond donors (Lipinski definition) is 1. The molecule has 2 bridgehead atoms. The van der Waals surface area contributed by atoms with E-state index in [1.165, 1.54) is 12.8 Å². The SMILES string of the molecule is Cc1cc([N+](=O)[O-])c(C)cc1N1C2CCC1CC(N)C2. The summed E-state index contributed by atoms with van der Waals surface area (Å²) in [6, 6.07) is 5.00. The highest BCUT2D eigenvalue weighted by Gasteiger charge is 2.40. The summed E-state index contributed by atoms with van der Waals surface area (Å²) in [7, 11) is 0. The van der Waals surface area contributed by atoms with Gasteiger partial charge in [0, 0.05) is 35.4 Å². The summed E-state index contributed by atoms with van der Waals surface area (Å²) < 4.78 is 0. The fourth-order valence-electron chi connectivity index (χ4n) is 3.87. The summed E-state index contributed by atoms with van der Waals surface area (Å²) >= 11 is 0. The van der Waals surface area contributed by atoms with Crippen LogP contribution in [0.15, 0.2) is 12.1 Å². The van der Waals surface area contributed by atoms with Crippen molar-refractivity contribution in [1.82, 2.24) is 0 Å². The first-order valence-electron chi connectivity index (χ1n) is 7.27. The van der Waals surface area contributed by atoms with Crippen LogP contribution in [0.4, 0.5) is 11.4 Å². The van der Waals surface area contributed by atoms with Crippen LogP contribution in [0.3, 0.4) is 0 Å². The number of anilines is 1. The van der Waals surface area contributed by atoms with Gasteiger partial charge in [-0.1, -0.05) is 0 Å². The number of hydrogen-bond acceptors (Lipinski definition) is 4. The summed E-state index contributed by atoms with van der Waals surface area (Å²) in [6.45, 7) is 3.79. The molecule has 2 fully saturated rings. The number of rotatable bonds is 2. The van der Waals surface area contributed by atoms with Crippen molar-refractivity contribution in [3.05, 3.63) is 33.4 Å². The lowest BCUT2D eigenvalue weighted by atomic mass is 9.96. The molecule has 2 aliphatic heterocycles. The molecule has 5 heteroatoms. The lowest BCUT2D eigenvalue weighted by Crippen LogP contribution is -2.47. The minimum Gasteiger partial charge on any atom is -0.365 e. The molecule has 2 atom stereocenters. The Kier molecular flexibility index (Phi) is 3.17. The fourth-order valence-corrected chi connectivity index (χ4v) is 3.87. The molecule has 1 aromatic carbocycles. The van der Waals surface area contributed by atoms with E-state index in [0.29, 0.717) is 18.1 Å². The maximum absolute atomic E-state index is 11.0. The number of piperidine rings is 1. The van der Waals surface area contributed by atoms with E-state index in [2.05, 4.69) is 4.90 Å². The molecule has 3 rings (SSSR count). The van der Waals surface area contributed by atoms with Crippen LogP contribution >= 0.6 is 0 Å². The highest BCUT2D eigenvalue weighted by Crippen LogP contribution is 2.41. The molecule has 1 aromatic rings. The first kappa shape index (κ1) is 13.4. The maximum Gasteiger partial charge on any atom is 0.272 e. The van der Waals surface area contributed by atoms with Crippen LogP contribution in [0.1, 0.15) is 36.8 Å². The molecule has 2 unspecified atom stereocenters. The van der Waals surface area contributed by atoms with Crippen LogP contribution in [-0.4, -0.2) is 23.0 Å². The van der Waals surface area contributed by atoms with Gasteiger partial charge >= 0.3 is 0 Å². The van der Waals surface area contributed by atoms with Crippen LogP contribution < -0.4 is 10.6 Å². The molecular formula is C15H21N3O2. The van der Waals surface area contributed by atoms with Crippen molar-refractivity contribution in [2.45, 2.75) is 57.7 Å². The zero-order valence-corrected chi connectivity index (χ0v) is 12.0. The molecule has 0 radical (unpaired) electrons. The van der Waals surface area contributed by atoms with Gasteiger partial charge in [-0.15, -0.1) is 0 Å². The van der Waals surface area contributed by atoms with Crippen molar-refractivity contribution < 1.29 is 4.92 Å². The minimum atomic E-state index is -0.299. The molecule has 0 aromatic heterocycles. The number of nitro groups is 1. The third-order valence-corrected chi connectivity index (χ3v) is 4.76. The van der Waals surface area contributed by atoms with Crippen molar-refractivity contribution >= 4 is 11.4 Å². The molecule has 2 N–H and O–H groups in total. The zero-order valence-electron chi connectivity index (χ0n) is 12.0. The van der Waals surface area contributed by atoms with Crippen molar-refractivity contribution in [3.63, 3.8) is 0 Å². The molecule has 2 aliphatic rings. The van der Waals surface area contributed by atoms with E-state index in [9.17, 15) is 10.1 Å². The number of benzene rings is 1. The van der Waals surface area contributed by atoms with Crippen molar-refractivity contribution in [1.29, 1.82) is 0 Å². The number of aryl methyl sites for hydroxylation is 2. The maximum atomic E-state index is 11.0. The Morgan fingerprint density at radius 3 is 2.35 bits per heavy atom. The van der Waals surface area contributed by atoms with Crippen LogP contribution in [-0.2, 0) is 0 Å². The molecule has 108 valence electrons. The largest absolute Gasteiger partial charge is 0.365 e. The monoisotopic (exact) mass is 275 g/mol. The predicted octanol–water partition coefficient (Wildman–Crippen LogP) is 2.67. The van der Waals surface area contributed by atoms with Crippen molar-refractivity contribution in [2.24, 2.45) is 5.73 Å². The predicted molar refractivity (Wildman–Crippen MR) is 79.1 cm³/mol. The van der Waals surface area contributed by atoms with Crippen LogP contribution in [0.2, 0.25) is 0 Å². The van der Waals surface area contributed by atoms with Gasteiger partial charge in [-0.2, -0.15) is 0 Å². The molecular weight excluding hydrogens is 254 g/mol. The van der Waals surface area contributed by atoms with Gasteiger partial charge in [-0.05, 0) is 51.2 Å². The summed E-state index contributed by atoms with van der Waals surface area (Å²) in [5, 5.41) is 11.0. The van der Waals surface area contributed by atoms with Crippen LogP contribution in [0.5, 0.6) is 0 Å². The van der Waals surface area contributed by atoms with Crippen LogP contribution in [0.25, 0.3) is 0 Å². The van der Waals surface area contributed by atoms with Gasteiger partial charge in [0.15, 0.2) is 0 Å². The third kappa shape index (κ3) is 2.06. The molecule has 5 nitrogen and oxygen atoms in total. The van der Waals surface area contributed by atoms with Gasteiger partial charge in [-0.3, -0.25) is 10.1 Å². The Morgan fingerprint density at radius 1 is 1.20 bits per heavy atom. The number of fused-ring (bicyclic) bond motifs is 2. The van der Waals surface area contributed by atoms with Crippen molar-refractivity contribution in [2.75, 3.05) is 4.90 Å². The summed E-state index contributed by atoms with van der Waals surface area (Å²) in [6.07, 6.45) is 4.44. The smallest absolute Gasteiger partial charge is 0.272 e. The first-order chi connectivity index (χ1) is 9.47. The average molecular weight is 275 g/mol. The van der Waals surface area contributed by atoms with Gasteiger partial charge < -0.3 is 10.6 Å².